The topological polar surface area (TPSA) is 80.7 Å². The van der Waals surface area contributed by atoms with Gasteiger partial charge in [0.2, 0.25) is 0 Å². The molecule has 0 unspecified atom stereocenters. The number of imidazole rings is 1. The first-order valence-corrected chi connectivity index (χ1v) is 10.1. The Hall–Kier alpha value is -3.42. The zero-order valence-electron chi connectivity index (χ0n) is 16.7. The second kappa shape index (κ2) is 8.14. The Balaban J connectivity index is 1.42. The lowest BCUT2D eigenvalue weighted by Gasteiger charge is -2.28. The van der Waals surface area contributed by atoms with Crippen molar-refractivity contribution < 1.29 is 4.74 Å². The maximum Gasteiger partial charge on any atom is 0.180 e. The van der Waals surface area contributed by atoms with Gasteiger partial charge in [0.15, 0.2) is 11.5 Å². The van der Waals surface area contributed by atoms with E-state index in [1.165, 1.54) is 5.69 Å². The van der Waals surface area contributed by atoms with Crippen molar-refractivity contribution in [3.8, 4) is 11.3 Å². The number of hydrogen-bond acceptors (Lipinski definition) is 6. The molecule has 0 spiro atoms. The third-order valence-electron chi connectivity index (χ3n) is 5.39. The van der Waals surface area contributed by atoms with E-state index in [0.717, 1.165) is 60.3 Å². The second-order valence-corrected chi connectivity index (χ2v) is 7.29. The van der Waals surface area contributed by atoms with E-state index in [-0.39, 0.29) is 0 Å². The van der Waals surface area contributed by atoms with Gasteiger partial charge in [0.25, 0.3) is 0 Å². The van der Waals surface area contributed by atoms with Crippen molar-refractivity contribution in [1.29, 1.82) is 0 Å². The van der Waals surface area contributed by atoms with E-state index in [0.29, 0.717) is 6.54 Å². The van der Waals surface area contributed by atoms with Gasteiger partial charge in [-0.1, -0.05) is 18.2 Å². The summed E-state index contributed by atoms with van der Waals surface area (Å²) in [4.78, 5) is 11.5. The Morgan fingerprint density at radius 1 is 1.03 bits per heavy atom. The van der Waals surface area contributed by atoms with Crippen LogP contribution in [0.5, 0.6) is 0 Å². The van der Waals surface area contributed by atoms with Gasteiger partial charge in [-0.15, -0.1) is 0 Å². The molecule has 7 nitrogen and oxygen atoms in total. The minimum atomic E-state index is 0.508. The number of nitrogens with one attached hydrogen (secondary N) is 1. The van der Waals surface area contributed by atoms with Crippen LogP contribution in [0, 0.1) is 0 Å². The van der Waals surface area contributed by atoms with E-state index < -0.39 is 0 Å². The number of morpholine rings is 1. The maximum atomic E-state index is 5.80. The summed E-state index contributed by atoms with van der Waals surface area (Å²) in [6.07, 6.45) is 5.61. The molecule has 3 heterocycles. The molecule has 1 saturated heterocycles. The summed E-state index contributed by atoms with van der Waals surface area (Å²) in [7, 11) is 0. The number of ether oxygens (including phenoxy) is 1. The van der Waals surface area contributed by atoms with E-state index in [1.54, 1.807) is 6.20 Å². The molecule has 2 aromatic carbocycles. The van der Waals surface area contributed by atoms with Crippen LogP contribution in [0.15, 0.2) is 67.1 Å². The van der Waals surface area contributed by atoms with Crippen LogP contribution in [0.1, 0.15) is 5.56 Å². The van der Waals surface area contributed by atoms with Crippen LogP contribution >= 0.6 is 0 Å². The van der Waals surface area contributed by atoms with Crippen LogP contribution in [-0.2, 0) is 11.3 Å². The fourth-order valence-electron chi connectivity index (χ4n) is 3.79. The van der Waals surface area contributed by atoms with Gasteiger partial charge in [-0.3, -0.25) is 4.40 Å². The van der Waals surface area contributed by atoms with Gasteiger partial charge < -0.3 is 20.7 Å². The van der Waals surface area contributed by atoms with Crippen molar-refractivity contribution >= 4 is 22.8 Å². The minimum Gasteiger partial charge on any atom is -0.378 e. The van der Waals surface area contributed by atoms with E-state index in [2.05, 4.69) is 56.6 Å². The van der Waals surface area contributed by atoms with Crippen molar-refractivity contribution in [1.82, 2.24) is 14.4 Å². The van der Waals surface area contributed by atoms with Crippen molar-refractivity contribution in [3.63, 3.8) is 0 Å². The first-order chi connectivity index (χ1) is 14.8. The van der Waals surface area contributed by atoms with Crippen LogP contribution in [0.2, 0.25) is 0 Å². The Morgan fingerprint density at radius 2 is 1.87 bits per heavy atom. The van der Waals surface area contributed by atoms with Crippen molar-refractivity contribution in [2.24, 2.45) is 5.73 Å². The number of hydrogen-bond donors (Lipinski definition) is 2. The first kappa shape index (κ1) is 18.6. The molecule has 3 N–H and O–H groups in total. The summed E-state index contributed by atoms with van der Waals surface area (Å²) >= 11 is 0. The van der Waals surface area contributed by atoms with Crippen LogP contribution in [0.3, 0.4) is 0 Å². The van der Waals surface area contributed by atoms with Crippen molar-refractivity contribution in [3.05, 3.63) is 72.7 Å². The summed E-state index contributed by atoms with van der Waals surface area (Å²) < 4.78 is 7.48. The number of nitrogens with zero attached hydrogens (tertiary/aromatic N) is 4. The molecule has 0 saturated carbocycles. The van der Waals surface area contributed by atoms with Crippen LogP contribution < -0.4 is 16.0 Å². The summed E-state index contributed by atoms with van der Waals surface area (Å²) in [5, 5.41) is 3.41. The molecule has 1 fully saturated rings. The van der Waals surface area contributed by atoms with Crippen LogP contribution in [0.25, 0.3) is 16.9 Å². The van der Waals surface area contributed by atoms with E-state index in [1.807, 2.05) is 28.9 Å². The highest BCUT2D eigenvalue weighted by molar-refractivity contribution is 5.74. The zero-order chi connectivity index (χ0) is 20.3. The van der Waals surface area contributed by atoms with Gasteiger partial charge in [-0.2, -0.15) is 0 Å². The SMILES string of the molecule is NCc1cccc(-c2cnc(Nc3ccc(N4CCOCC4)cc3)c3nccn23)c1. The highest BCUT2D eigenvalue weighted by atomic mass is 16.5. The third-order valence-corrected chi connectivity index (χ3v) is 5.39. The Morgan fingerprint density at radius 3 is 2.67 bits per heavy atom. The highest BCUT2D eigenvalue weighted by Gasteiger charge is 2.13. The molecule has 0 aliphatic carbocycles. The molecule has 1 aliphatic rings. The minimum absolute atomic E-state index is 0.508. The predicted molar refractivity (Wildman–Crippen MR) is 119 cm³/mol. The zero-order valence-corrected chi connectivity index (χ0v) is 16.7. The summed E-state index contributed by atoms with van der Waals surface area (Å²) in [5.41, 5.74) is 11.9. The van der Waals surface area contributed by atoms with Gasteiger partial charge in [0.05, 0.1) is 25.1 Å². The Bertz CT molecular complexity index is 1150. The average molecular weight is 400 g/mol. The molecule has 0 amide bonds. The second-order valence-electron chi connectivity index (χ2n) is 7.29. The maximum absolute atomic E-state index is 5.80. The van der Waals surface area contributed by atoms with Crippen LogP contribution in [0.4, 0.5) is 17.2 Å². The van der Waals surface area contributed by atoms with Crippen molar-refractivity contribution in [2.75, 3.05) is 36.5 Å². The van der Waals surface area contributed by atoms with Gasteiger partial charge in [0, 0.05) is 49.0 Å². The van der Waals surface area contributed by atoms with Gasteiger partial charge >= 0.3 is 0 Å². The summed E-state index contributed by atoms with van der Waals surface area (Å²) in [6, 6.07) is 16.6. The molecule has 7 heteroatoms. The van der Waals surface area contributed by atoms with E-state index in [4.69, 9.17) is 10.5 Å². The smallest absolute Gasteiger partial charge is 0.180 e. The first-order valence-electron chi connectivity index (χ1n) is 10.1. The molecule has 0 atom stereocenters. The lowest BCUT2D eigenvalue weighted by molar-refractivity contribution is 0.122. The van der Waals surface area contributed by atoms with Gasteiger partial charge in [-0.25, -0.2) is 9.97 Å². The Labute approximate surface area is 175 Å². The molecular formula is C23H24N6O. The normalized spacial score (nSPS) is 14.2. The summed E-state index contributed by atoms with van der Waals surface area (Å²) in [6.45, 7) is 3.92. The van der Waals surface area contributed by atoms with Crippen LogP contribution in [-0.4, -0.2) is 40.7 Å². The molecule has 5 rings (SSSR count). The van der Waals surface area contributed by atoms with E-state index >= 15 is 0 Å². The monoisotopic (exact) mass is 400 g/mol. The average Bonchev–Trinajstić information content (AvgIpc) is 3.31. The molecular weight excluding hydrogens is 376 g/mol. The number of benzene rings is 2. The molecule has 0 bridgehead atoms. The third kappa shape index (κ3) is 3.60. The number of rotatable bonds is 5. The number of fused-ring (bicyclic) bond motifs is 1. The lowest BCUT2D eigenvalue weighted by Crippen LogP contribution is -2.36. The lowest BCUT2D eigenvalue weighted by atomic mass is 10.1. The molecule has 2 aromatic heterocycles. The quantitative estimate of drug-likeness (QED) is 0.534. The molecule has 1 aliphatic heterocycles. The number of anilines is 3. The molecule has 4 aromatic rings. The molecule has 0 radical (unpaired) electrons. The fourth-order valence-corrected chi connectivity index (χ4v) is 3.79. The predicted octanol–water partition coefficient (Wildman–Crippen LogP) is 3.44. The Kier molecular flexibility index (Phi) is 5.04. The van der Waals surface area contributed by atoms with Crippen molar-refractivity contribution in [2.45, 2.75) is 6.54 Å². The van der Waals surface area contributed by atoms with E-state index in [9.17, 15) is 0 Å². The fraction of sp³-hybridized carbons (Fsp3) is 0.217. The highest BCUT2D eigenvalue weighted by Crippen LogP contribution is 2.27. The number of aromatic nitrogens is 3. The largest absolute Gasteiger partial charge is 0.378 e. The molecule has 30 heavy (non-hydrogen) atoms. The van der Waals surface area contributed by atoms with Gasteiger partial charge in [-0.05, 0) is 35.9 Å². The standard InChI is InChI=1S/C23H24N6O/c24-15-17-2-1-3-18(14-17)21-16-26-22(23-25-8-9-29(21)23)27-19-4-6-20(7-5-19)28-10-12-30-13-11-28/h1-9,14,16H,10-13,15,24H2,(H,26,27). The van der Waals surface area contributed by atoms with Gasteiger partial charge in [0.1, 0.15) is 0 Å². The summed E-state index contributed by atoms with van der Waals surface area (Å²) in [5.74, 6) is 0.720. The number of nitrogens with two attached hydrogens (primary N) is 1. The molecule has 152 valence electrons.